The first-order valence-electron chi connectivity index (χ1n) is 7.63. The monoisotopic (exact) mass is 343 g/mol. The number of benzene rings is 2. The molecule has 1 aromatic heterocycles. The normalized spacial score (nSPS) is 13.2. The second-order valence-electron chi connectivity index (χ2n) is 5.55. The summed E-state index contributed by atoms with van der Waals surface area (Å²) in [7, 11) is 1.62. The van der Waals surface area contributed by atoms with Crippen LogP contribution in [-0.2, 0) is 0 Å². The van der Waals surface area contributed by atoms with Crippen LogP contribution in [0.3, 0.4) is 0 Å². The zero-order valence-electron chi connectivity index (χ0n) is 13.5. The number of ether oxygens (including phenoxy) is 1. The molecule has 1 unspecified atom stereocenters. The van der Waals surface area contributed by atoms with Crippen LogP contribution < -0.4 is 10.1 Å². The molecular formula is C19H18ClNO3. The van der Waals surface area contributed by atoms with Crippen LogP contribution in [0, 0.1) is 0 Å². The highest BCUT2D eigenvalue weighted by molar-refractivity contribution is 6.30. The molecule has 2 aromatic carbocycles. The van der Waals surface area contributed by atoms with Crippen LogP contribution >= 0.6 is 11.6 Å². The molecule has 4 nitrogen and oxygen atoms in total. The molecule has 3 rings (SSSR count). The van der Waals surface area contributed by atoms with Gasteiger partial charge in [-0.1, -0.05) is 11.6 Å². The van der Waals surface area contributed by atoms with Gasteiger partial charge in [0, 0.05) is 22.0 Å². The molecular weight excluding hydrogens is 326 g/mol. The van der Waals surface area contributed by atoms with Crippen LogP contribution in [0.4, 0.5) is 0 Å². The highest BCUT2D eigenvalue weighted by atomic mass is 35.5. The van der Waals surface area contributed by atoms with E-state index in [9.17, 15) is 5.11 Å². The van der Waals surface area contributed by atoms with Crippen LogP contribution in [0.5, 0.6) is 5.75 Å². The summed E-state index contributed by atoms with van der Waals surface area (Å²) < 4.78 is 11.3. The van der Waals surface area contributed by atoms with E-state index in [-0.39, 0.29) is 0 Å². The van der Waals surface area contributed by atoms with Crippen molar-refractivity contribution in [3.05, 3.63) is 58.9 Å². The van der Waals surface area contributed by atoms with Crippen LogP contribution in [-0.4, -0.2) is 24.9 Å². The quantitative estimate of drug-likeness (QED) is 0.777. The first-order valence-corrected chi connectivity index (χ1v) is 8.01. The van der Waals surface area contributed by atoms with Crippen LogP contribution in [0.2, 0.25) is 5.02 Å². The molecule has 0 fully saturated rings. The molecule has 0 aliphatic heterocycles. The van der Waals surface area contributed by atoms with Gasteiger partial charge >= 0.3 is 0 Å². The summed E-state index contributed by atoms with van der Waals surface area (Å²) in [6, 6.07) is 14.9. The number of aliphatic hydroxyl groups excluding tert-OH is 1. The Balaban J connectivity index is 2.22. The van der Waals surface area contributed by atoms with Crippen molar-refractivity contribution in [2.45, 2.75) is 13.0 Å². The minimum atomic E-state index is -0.512. The van der Waals surface area contributed by atoms with Crippen molar-refractivity contribution in [3.63, 3.8) is 0 Å². The lowest BCUT2D eigenvalue weighted by atomic mass is 10.1. The second kappa shape index (κ2) is 7.07. The lowest BCUT2D eigenvalue weighted by Crippen LogP contribution is -2.11. The van der Waals surface area contributed by atoms with Crippen LogP contribution in [0.25, 0.3) is 22.3 Å². The summed E-state index contributed by atoms with van der Waals surface area (Å²) in [5.41, 5.74) is 1.61. The third-order valence-electron chi connectivity index (χ3n) is 3.61. The van der Waals surface area contributed by atoms with Crippen molar-refractivity contribution in [1.29, 1.82) is 0 Å². The van der Waals surface area contributed by atoms with Crippen molar-refractivity contribution >= 4 is 22.6 Å². The number of fused-ring (bicyclic) bond motifs is 1. The molecule has 24 heavy (non-hydrogen) atoms. The lowest BCUT2D eigenvalue weighted by Gasteiger charge is -2.07. The molecule has 0 aliphatic carbocycles. The summed E-state index contributed by atoms with van der Waals surface area (Å²) in [6.07, 6.45) is -0.512. The van der Waals surface area contributed by atoms with Gasteiger partial charge in [0.2, 0.25) is 0 Å². The standard InChI is InChI=1S/C19H18ClNO3/c1-12(22)11-21-17-10-19(13-3-5-14(20)6-4-13)24-18-8-7-15(23-2)9-16(17)18/h3-10,12,22H,11H2,1-2H3. The molecule has 0 spiro atoms. The van der Waals surface area contributed by atoms with E-state index in [1.54, 1.807) is 14.0 Å². The molecule has 3 aromatic rings. The highest BCUT2D eigenvalue weighted by Crippen LogP contribution is 2.25. The third-order valence-corrected chi connectivity index (χ3v) is 3.86. The van der Waals surface area contributed by atoms with Gasteiger partial charge in [-0.25, -0.2) is 0 Å². The Kier molecular flexibility index (Phi) is 4.88. The Morgan fingerprint density at radius 1 is 1.17 bits per heavy atom. The van der Waals surface area contributed by atoms with Gasteiger partial charge in [-0.15, -0.1) is 0 Å². The maximum atomic E-state index is 9.55. The maximum absolute atomic E-state index is 9.55. The first-order chi connectivity index (χ1) is 11.6. The molecule has 1 N–H and O–H groups in total. The SMILES string of the molecule is COc1ccc2oc(-c3ccc(Cl)cc3)cc(=NCC(C)O)c2c1. The van der Waals surface area contributed by atoms with Gasteiger partial charge in [0.05, 0.1) is 25.1 Å². The summed E-state index contributed by atoms with van der Waals surface area (Å²) in [5, 5.41) is 11.8. The average molecular weight is 344 g/mol. The van der Waals surface area contributed by atoms with E-state index in [1.165, 1.54) is 0 Å². The number of hydrogen-bond acceptors (Lipinski definition) is 4. The topological polar surface area (TPSA) is 55.0 Å². The molecule has 0 amide bonds. The number of hydrogen-bond donors (Lipinski definition) is 1. The van der Waals surface area contributed by atoms with E-state index < -0.39 is 6.10 Å². The second-order valence-corrected chi connectivity index (χ2v) is 5.99. The zero-order chi connectivity index (χ0) is 17.1. The first kappa shape index (κ1) is 16.6. The fourth-order valence-corrected chi connectivity index (χ4v) is 2.52. The Morgan fingerprint density at radius 3 is 2.58 bits per heavy atom. The van der Waals surface area contributed by atoms with Gasteiger partial charge in [-0.2, -0.15) is 0 Å². The Morgan fingerprint density at radius 2 is 1.92 bits per heavy atom. The molecule has 1 atom stereocenters. The van der Waals surface area contributed by atoms with Gasteiger partial charge in [-0.3, -0.25) is 4.99 Å². The number of rotatable bonds is 4. The van der Waals surface area contributed by atoms with Crippen LogP contribution in [0.1, 0.15) is 6.92 Å². The van der Waals surface area contributed by atoms with Crippen molar-refractivity contribution in [2.75, 3.05) is 13.7 Å². The van der Waals surface area contributed by atoms with E-state index in [1.807, 2.05) is 48.5 Å². The van der Waals surface area contributed by atoms with E-state index in [2.05, 4.69) is 4.99 Å². The Labute approximate surface area is 145 Å². The molecule has 1 heterocycles. The summed E-state index contributed by atoms with van der Waals surface area (Å²) >= 11 is 5.95. The molecule has 124 valence electrons. The Bertz CT molecular complexity index is 914. The van der Waals surface area contributed by atoms with Gasteiger partial charge in [0.25, 0.3) is 0 Å². The molecule has 0 saturated heterocycles. The smallest absolute Gasteiger partial charge is 0.137 e. The van der Waals surface area contributed by atoms with E-state index in [0.717, 1.165) is 22.1 Å². The highest BCUT2D eigenvalue weighted by Gasteiger charge is 2.08. The molecule has 5 heteroatoms. The number of methoxy groups -OCH3 is 1. The fraction of sp³-hybridized carbons (Fsp3) is 0.211. The number of nitrogens with zero attached hydrogens (tertiary/aromatic N) is 1. The predicted molar refractivity (Wildman–Crippen MR) is 95.3 cm³/mol. The largest absolute Gasteiger partial charge is 0.497 e. The summed E-state index contributed by atoms with van der Waals surface area (Å²) in [6.45, 7) is 2.02. The van der Waals surface area contributed by atoms with E-state index in [4.69, 9.17) is 20.8 Å². The van der Waals surface area contributed by atoms with Crippen molar-refractivity contribution < 1.29 is 14.3 Å². The number of halogens is 1. The average Bonchev–Trinajstić information content (AvgIpc) is 2.59. The van der Waals surface area contributed by atoms with Gasteiger partial charge in [0.1, 0.15) is 17.1 Å². The molecule has 0 aliphatic rings. The maximum Gasteiger partial charge on any atom is 0.137 e. The van der Waals surface area contributed by atoms with Crippen LogP contribution in [0.15, 0.2) is 57.9 Å². The molecule has 0 bridgehead atoms. The van der Waals surface area contributed by atoms with E-state index in [0.29, 0.717) is 22.9 Å². The molecule has 0 radical (unpaired) electrons. The van der Waals surface area contributed by atoms with Crippen molar-refractivity contribution in [3.8, 4) is 17.1 Å². The van der Waals surface area contributed by atoms with Gasteiger partial charge in [-0.05, 0) is 49.4 Å². The van der Waals surface area contributed by atoms with Crippen molar-refractivity contribution in [2.24, 2.45) is 4.99 Å². The molecule has 0 saturated carbocycles. The third kappa shape index (κ3) is 3.61. The minimum Gasteiger partial charge on any atom is -0.497 e. The van der Waals surface area contributed by atoms with Gasteiger partial charge < -0.3 is 14.3 Å². The van der Waals surface area contributed by atoms with E-state index >= 15 is 0 Å². The minimum absolute atomic E-state index is 0.316. The fourth-order valence-electron chi connectivity index (χ4n) is 2.39. The Hall–Kier alpha value is -2.30. The zero-order valence-corrected chi connectivity index (χ0v) is 14.2. The summed E-state index contributed by atoms with van der Waals surface area (Å²) in [4.78, 5) is 4.52. The number of aliphatic hydroxyl groups is 1. The summed E-state index contributed by atoms with van der Waals surface area (Å²) in [5.74, 6) is 1.42. The lowest BCUT2D eigenvalue weighted by molar-refractivity contribution is 0.203. The van der Waals surface area contributed by atoms with Gasteiger partial charge in [0.15, 0.2) is 0 Å². The predicted octanol–water partition coefficient (Wildman–Crippen LogP) is 4.04. The van der Waals surface area contributed by atoms with Crippen molar-refractivity contribution in [1.82, 2.24) is 0 Å².